The Balaban J connectivity index is 2.83. The number of guanidine groups is 1. The highest BCUT2D eigenvalue weighted by Crippen LogP contribution is 1.90. The molecule has 1 aromatic rings. The molecule has 1 rings (SSSR count). The maximum absolute atomic E-state index is 8.49. The number of hydrogen-bond acceptors (Lipinski definition) is 5. The van der Waals surface area contributed by atoms with Gasteiger partial charge >= 0.3 is 0 Å². The number of nitrogens with zero attached hydrogens (tertiary/aromatic N) is 5. The van der Waals surface area contributed by atoms with E-state index in [-0.39, 0.29) is 11.8 Å². The molecule has 7 nitrogen and oxygen atoms in total. The Morgan fingerprint density at radius 1 is 1.57 bits per heavy atom. The van der Waals surface area contributed by atoms with E-state index < -0.39 is 0 Å². The molecular weight excluding hydrogens is 182 g/mol. The van der Waals surface area contributed by atoms with Gasteiger partial charge in [0.15, 0.2) is 0 Å². The van der Waals surface area contributed by atoms with Crippen molar-refractivity contribution < 1.29 is 0 Å². The lowest BCUT2D eigenvalue weighted by Crippen LogP contribution is -2.21. The van der Waals surface area contributed by atoms with Gasteiger partial charge < -0.3 is 11.5 Å². The maximum atomic E-state index is 8.49. The van der Waals surface area contributed by atoms with Crippen LogP contribution in [0.1, 0.15) is 11.5 Å². The summed E-state index contributed by atoms with van der Waals surface area (Å²) in [5.41, 5.74) is 10.5. The lowest BCUT2D eigenvalue weighted by molar-refractivity contribution is 1.10. The Morgan fingerprint density at radius 2 is 2.36 bits per heavy atom. The molecule has 14 heavy (non-hydrogen) atoms. The minimum Gasteiger partial charge on any atom is -0.369 e. The first-order chi connectivity index (χ1) is 6.72. The summed E-state index contributed by atoms with van der Waals surface area (Å²) in [6.07, 6.45) is 2.77. The summed E-state index contributed by atoms with van der Waals surface area (Å²) in [6, 6.07) is 3.37. The van der Waals surface area contributed by atoms with Crippen LogP contribution in [-0.4, -0.2) is 22.1 Å². The second-order valence-corrected chi connectivity index (χ2v) is 2.19. The van der Waals surface area contributed by atoms with Gasteiger partial charge in [-0.25, -0.2) is 9.97 Å². The summed E-state index contributed by atoms with van der Waals surface area (Å²) >= 11 is 0. The van der Waals surface area contributed by atoms with Crippen molar-refractivity contribution in [2.75, 3.05) is 0 Å². The van der Waals surface area contributed by atoms with Crippen LogP contribution in [0.3, 0.4) is 0 Å². The van der Waals surface area contributed by atoms with Crippen molar-refractivity contribution in [3.05, 3.63) is 23.8 Å². The van der Waals surface area contributed by atoms with Gasteiger partial charge in [-0.15, -0.1) is 5.10 Å². The molecule has 0 aromatic carbocycles. The van der Waals surface area contributed by atoms with Crippen molar-refractivity contribution in [2.24, 2.45) is 21.7 Å². The molecule has 0 radical (unpaired) electrons. The second-order valence-electron chi connectivity index (χ2n) is 2.19. The molecule has 1 heterocycles. The predicted molar refractivity (Wildman–Crippen MR) is 50.2 cm³/mol. The standard InChI is InChI=1S/C7H7N7/c8-3-6-11-2-1-5(13-6)4-12-14-7(9)10/h1-2,4H,(H4,9,10,14)/b12-4+. The van der Waals surface area contributed by atoms with E-state index in [2.05, 4.69) is 20.2 Å². The third-order valence-electron chi connectivity index (χ3n) is 1.14. The van der Waals surface area contributed by atoms with E-state index in [1.54, 1.807) is 12.1 Å². The zero-order valence-electron chi connectivity index (χ0n) is 7.12. The molecule has 4 N–H and O–H groups in total. The monoisotopic (exact) mass is 189 g/mol. The van der Waals surface area contributed by atoms with E-state index >= 15 is 0 Å². The highest BCUT2D eigenvalue weighted by Gasteiger charge is 1.93. The van der Waals surface area contributed by atoms with Crippen LogP contribution in [-0.2, 0) is 0 Å². The number of rotatable bonds is 2. The van der Waals surface area contributed by atoms with Crippen molar-refractivity contribution in [1.82, 2.24) is 9.97 Å². The van der Waals surface area contributed by atoms with Crippen LogP contribution in [0.5, 0.6) is 0 Å². The van der Waals surface area contributed by atoms with Gasteiger partial charge in [0.05, 0.1) is 11.9 Å². The molecule has 7 heteroatoms. The van der Waals surface area contributed by atoms with Crippen molar-refractivity contribution >= 4 is 12.2 Å². The van der Waals surface area contributed by atoms with E-state index in [1.807, 2.05) is 0 Å². The first kappa shape index (κ1) is 9.60. The first-order valence-corrected chi connectivity index (χ1v) is 3.57. The van der Waals surface area contributed by atoms with E-state index in [9.17, 15) is 0 Å². The quantitative estimate of drug-likeness (QED) is 0.349. The molecule has 0 aliphatic heterocycles. The Bertz CT molecular complexity index is 410. The van der Waals surface area contributed by atoms with Crippen LogP contribution in [0.25, 0.3) is 0 Å². The molecule has 1 aromatic heterocycles. The molecule has 0 aliphatic rings. The van der Waals surface area contributed by atoms with Crippen molar-refractivity contribution in [3.8, 4) is 6.07 Å². The SMILES string of the molecule is N#Cc1nccc(/C=N/N=C(N)N)n1. The predicted octanol–water partition coefficient (Wildman–Crippen LogP) is -1.04. The molecule has 0 atom stereocenters. The Morgan fingerprint density at radius 3 is 3.00 bits per heavy atom. The van der Waals surface area contributed by atoms with Gasteiger partial charge in [0.1, 0.15) is 6.07 Å². The van der Waals surface area contributed by atoms with Gasteiger partial charge in [0, 0.05) is 6.20 Å². The van der Waals surface area contributed by atoms with Crippen molar-refractivity contribution in [1.29, 1.82) is 5.26 Å². The van der Waals surface area contributed by atoms with Crippen LogP contribution in [0, 0.1) is 11.3 Å². The Kier molecular flexibility index (Phi) is 3.09. The molecule has 0 spiro atoms. The van der Waals surface area contributed by atoms with Gasteiger partial charge in [-0.2, -0.15) is 10.4 Å². The van der Waals surface area contributed by atoms with E-state index in [4.69, 9.17) is 16.7 Å². The molecule has 0 aliphatic carbocycles. The van der Waals surface area contributed by atoms with Crippen LogP contribution >= 0.6 is 0 Å². The summed E-state index contributed by atoms with van der Waals surface area (Å²) in [7, 11) is 0. The summed E-state index contributed by atoms with van der Waals surface area (Å²) in [4.78, 5) is 7.50. The zero-order valence-corrected chi connectivity index (χ0v) is 7.12. The summed E-state index contributed by atoms with van der Waals surface area (Å²) in [5, 5.41) is 15.4. The van der Waals surface area contributed by atoms with Gasteiger partial charge in [0.25, 0.3) is 0 Å². The summed E-state index contributed by atoms with van der Waals surface area (Å²) in [6.45, 7) is 0. The average molecular weight is 189 g/mol. The lowest BCUT2D eigenvalue weighted by Gasteiger charge is -1.89. The second kappa shape index (κ2) is 4.51. The molecule has 0 saturated heterocycles. The number of nitrogens with two attached hydrogens (primary N) is 2. The molecule has 0 amide bonds. The molecule has 0 bridgehead atoms. The van der Waals surface area contributed by atoms with Crippen LogP contribution in [0.4, 0.5) is 0 Å². The number of hydrogen-bond donors (Lipinski definition) is 2. The number of aromatic nitrogens is 2. The minimum atomic E-state index is -0.143. The highest BCUT2D eigenvalue weighted by atomic mass is 15.3. The van der Waals surface area contributed by atoms with E-state index in [0.29, 0.717) is 5.69 Å². The fraction of sp³-hybridized carbons (Fsp3) is 0. The molecule has 70 valence electrons. The Labute approximate surface area is 79.8 Å². The smallest absolute Gasteiger partial charge is 0.232 e. The average Bonchev–Trinajstić information content (AvgIpc) is 2.18. The first-order valence-electron chi connectivity index (χ1n) is 3.57. The number of nitriles is 1. The molecule has 0 fully saturated rings. The normalized spacial score (nSPS) is 9.64. The van der Waals surface area contributed by atoms with Gasteiger partial charge in [-0.1, -0.05) is 0 Å². The molecule has 0 unspecified atom stereocenters. The zero-order chi connectivity index (χ0) is 10.4. The van der Waals surface area contributed by atoms with Crippen LogP contribution < -0.4 is 11.5 Å². The summed E-state index contributed by atoms with van der Waals surface area (Å²) < 4.78 is 0. The summed E-state index contributed by atoms with van der Waals surface area (Å²) in [5.74, 6) is -0.0746. The highest BCUT2D eigenvalue weighted by molar-refractivity contribution is 5.79. The minimum absolute atomic E-state index is 0.0682. The fourth-order valence-electron chi connectivity index (χ4n) is 0.653. The molecule has 0 saturated carbocycles. The van der Waals surface area contributed by atoms with Gasteiger partial charge in [0.2, 0.25) is 11.8 Å². The Hall–Kier alpha value is -2.49. The van der Waals surface area contributed by atoms with Crippen molar-refractivity contribution in [2.45, 2.75) is 0 Å². The van der Waals surface area contributed by atoms with Crippen LogP contribution in [0.2, 0.25) is 0 Å². The van der Waals surface area contributed by atoms with Gasteiger partial charge in [-0.05, 0) is 6.07 Å². The topological polar surface area (TPSA) is 126 Å². The molecular formula is C7H7N7. The van der Waals surface area contributed by atoms with E-state index in [1.165, 1.54) is 12.4 Å². The largest absolute Gasteiger partial charge is 0.369 e. The van der Waals surface area contributed by atoms with E-state index in [0.717, 1.165) is 0 Å². The third-order valence-corrected chi connectivity index (χ3v) is 1.14. The fourth-order valence-corrected chi connectivity index (χ4v) is 0.653. The van der Waals surface area contributed by atoms with Gasteiger partial charge in [-0.3, -0.25) is 0 Å². The maximum Gasteiger partial charge on any atom is 0.232 e. The lowest BCUT2D eigenvalue weighted by atomic mass is 10.4. The van der Waals surface area contributed by atoms with Crippen LogP contribution in [0.15, 0.2) is 22.5 Å². The van der Waals surface area contributed by atoms with Crippen molar-refractivity contribution in [3.63, 3.8) is 0 Å². The third kappa shape index (κ3) is 2.86.